The topological polar surface area (TPSA) is 22.1 Å². The first kappa shape index (κ1) is 13.5. The quantitative estimate of drug-likeness (QED) is 0.776. The van der Waals surface area contributed by atoms with Gasteiger partial charge in [-0.05, 0) is 23.8 Å². The van der Waals surface area contributed by atoms with Crippen LogP contribution in [0.3, 0.4) is 0 Å². The summed E-state index contributed by atoms with van der Waals surface area (Å²) in [6.07, 6.45) is 3.98. The van der Waals surface area contributed by atoms with Crippen LogP contribution in [0.4, 0.5) is 12.9 Å². The number of hydrogen-bond donors (Lipinski definition) is 0. The van der Waals surface area contributed by atoms with E-state index in [4.69, 9.17) is 4.74 Å². The Morgan fingerprint density at radius 1 is 1.11 bits per heavy atom. The van der Waals surface area contributed by atoms with Crippen LogP contribution < -0.4 is 10.2 Å². The molecular weight excluding hydrogens is 254 g/mol. The first-order chi connectivity index (χ1) is 9.05. The highest BCUT2D eigenvalue weighted by Crippen LogP contribution is 2.14. The molecule has 1 aromatic carbocycles. The van der Waals surface area contributed by atoms with Crippen molar-refractivity contribution >= 4 is 12.4 Å². The molecule has 0 atom stereocenters. The molecule has 0 radical (unpaired) electrons. The van der Waals surface area contributed by atoms with E-state index in [1.54, 1.807) is 12.4 Å². The van der Waals surface area contributed by atoms with Gasteiger partial charge in [0.15, 0.2) is 0 Å². The zero-order valence-electron chi connectivity index (χ0n) is 10.1. The monoisotopic (exact) mass is 266 g/mol. The van der Waals surface area contributed by atoms with Crippen molar-refractivity contribution in [2.24, 2.45) is 0 Å². The molecule has 1 heterocycles. The van der Waals surface area contributed by atoms with Crippen molar-refractivity contribution in [3.8, 4) is 5.75 Å². The SMILES string of the molecule is F[B-](F)(F)c1cccc(OCCc2cccnc2)c1. The van der Waals surface area contributed by atoms with Gasteiger partial charge in [-0.15, -0.1) is 5.46 Å². The molecule has 6 heteroatoms. The molecule has 19 heavy (non-hydrogen) atoms. The highest BCUT2D eigenvalue weighted by atomic mass is 19.4. The van der Waals surface area contributed by atoms with Crippen molar-refractivity contribution in [3.05, 3.63) is 54.4 Å². The fourth-order valence-electron chi connectivity index (χ4n) is 1.64. The molecule has 2 aromatic rings. The summed E-state index contributed by atoms with van der Waals surface area (Å²) in [4.78, 5) is 3.95. The summed E-state index contributed by atoms with van der Waals surface area (Å²) in [5.41, 5.74) is 0.345. The van der Waals surface area contributed by atoms with E-state index in [1.807, 2.05) is 12.1 Å². The second kappa shape index (κ2) is 5.78. The van der Waals surface area contributed by atoms with Gasteiger partial charge in [0.1, 0.15) is 5.75 Å². The van der Waals surface area contributed by atoms with Crippen molar-refractivity contribution in [3.63, 3.8) is 0 Å². The van der Waals surface area contributed by atoms with Crippen LogP contribution in [0.15, 0.2) is 48.8 Å². The van der Waals surface area contributed by atoms with Crippen LogP contribution in [0.2, 0.25) is 0 Å². The minimum Gasteiger partial charge on any atom is -0.493 e. The summed E-state index contributed by atoms with van der Waals surface area (Å²) in [5, 5.41) is 0. The van der Waals surface area contributed by atoms with E-state index < -0.39 is 12.4 Å². The van der Waals surface area contributed by atoms with Crippen molar-refractivity contribution in [1.29, 1.82) is 0 Å². The Bertz CT molecular complexity index is 531. The van der Waals surface area contributed by atoms with E-state index in [-0.39, 0.29) is 5.75 Å². The van der Waals surface area contributed by atoms with E-state index in [9.17, 15) is 12.9 Å². The van der Waals surface area contributed by atoms with Gasteiger partial charge >= 0.3 is 6.98 Å². The van der Waals surface area contributed by atoms with Crippen molar-refractivity contribution in [1.82, 2.24) is 4.98 Å². The largest absolute Gasteiger partial charge is 0.509 e. The van der Waals surface area contributed by atoms with Crippen LogP contribution in [-0.2, 0) is 6.42 Å². The van der Waals surface area contributed by atoms with Gasteiger partial charge in [-0.25, -0.2) is 0 Å². The maximum atomic E-state index is 12.6. The standard InChI is InChI=1S/C13H12BF3NO/c15-14(16,17)12-4-1-5-13(9-12)19-8-6-11-3-2-7-18-10-11/h1-5,7,9-10H,6,8H2/q-1. The smallest absolute Gasteiger partial charge is 0.493 e. The Hall–Kier alpha value is -1.98. The lowest BCUT2D eigenvalue weighted by Crippen LogP contribution is -2.33. The van der Waals surface area contributed by atoms with Crippen molar-refractivity contribution < 1.29 is 17.7 Å². The molecule has 0 aliphatic carbocycles. The molecule has 2 nitrogen and oxygen atoms in total. The molecule has 0 aliphatic heterocycles. The first-order valence-corrected chi connectivity index (χ1v) is 5.87. The highest BCUT2D eigenvalue weighted by Gasteiger charge is 2.25. The number of nitrogens with zero attached hydrogens (tertiary/aromatic N) is 1. The Balaban J connectivity index is 1.93. The van der Waals surface area contributed by atoms with Crippen LogP contribution in [0.1, 0.15) is 5.56 Å². The minimum absolute atomic E-state index is 0.237. The van der Waals surface area contributed by atoms with E-state index in [1.165, 1.54) is 12.1 Å². The lowest BCUT2D eigenvalue weighted by Gasteiger charge is -2.16. The number of hydrogen-bond acceptors (Lipinski definition) is 2. The van der Waals surface area contributed by atoms with Gasteiger partial charge in [0.2, 0.25) is 0 Å². The van der Waals surface area contributed by atoms with Gasteiger partial charge in [-0.2, -0.15) is 0 Å². The van der Waals surface area contributed by atoms with Gasteiger partial charge in [-0.1, -0.05) is 18.2 Å². The zero-order valence-corrected chi connectivity index (χ0v) is 10.1. The molecule has 0 unspecified atom stereocenters. The molecule has 2 rings (SSSR count). The van der Waals surface area contributed by atoms with E-state index >= 15 is 0 Å². The predicted octanol–water partition coefficient (Wildman–Crippen LogP) is 2.76. The summed E-state index contributed by atoms with van der Waals surface area (Å²) < 4.78 is 43.0. The van der Waals surface area contributed by atoms with Crippen LogP contribution in [0.25, 0.3) is 0 Å². The summed E-state index contributed by atoms with van der Waals surface area (Å²) in [7, 11) is 0. The molecule has 0 N–H and O–H groups in total. The molecule has 0 bridgehead atoms. The van der Waals surface area contributed by atoms with Crippen LogP contribution in [0.5, 0.6) is 5.75 Å². The third-order valence-corrected chi connectivity index (χ3v) is 2.62. The van der Waals surface area contributed by atoms with Crippen molar-refractivity contribution in [2.45, 2.75) is 6.42 Å². The molecule has 0 spiro atoms. The zero-order chi connectivity index (χ0) is 13.7. The molecule has 0 aliphatic rings. The Morgan fingerprint density at radius 2 is 1.95 bits per heavy atom. The minimum atomic E-state index is -4.98. The van der Waals surface area contributed by atoms with Gasteiger partial charge in [0.25, 0.3) is 0 Å². The molecule has 0 saturated carbocycles. The van der Waals surface area contributed by atoms with Gasteiger partial charge in [0, 0.05) is 18.8 Å². The van der Waals surface area contributed by atoms with Crippen LogP contribution in [-0.4, -0.2) is 18.6 Å². The average molecular weight is 266 g/mol. The lowest BCUT2D eigenvalue weighted by atomic mass is 9.80. The summed E-state index contributed by atoms with van der Waals surface area (Å²) >= 11 is 0. The predicted molar refractivity (Wildman–Crippen MR) is 68.6 cm³/mol. The average Bonchev–Trinajstić information content (AvgIpc) is 2.39. The summed E-state index contributed by atoms with van der Waals surface area (Å²) in [6, 6.07) is 8.66. The third kappa shape index (κ3) is 4.01. The van der Waals surface area contributed by atoms with Crippen molar-refractivity contribution in [2.75, 3.05) is 6.61 Å². The molecule has 0 fully saturated rings. The van der Waals surface area contributed by atoms with Gasteiger partial charge in [0.05, 0.1) is 6.61 Å². The Morgan fingerprint density at radius 3 is 2.63 bits per heavy atom. The number of rotatable bonds is 5. The molecule has 100 valence electrons. The van der Waals surface area contributed by atoms with E-state index in [2.05, 4.69) is 4.98 Å². The second-order valence-electron chi connectivity index (χ2n) is 4.11. The van der Waals surface area contributed by atoms with Crippen LogP contribution >= 0.6 is 0 Å². The third-order valence-electron chi connectivity index (χ3n) is 2.62. The fraction of sp³-hybridized carbons (Fsp3) is 0.154. The first-order valence-electron chi connectivity index (χ1n) is 5.87. The number of ether oxygens (including phenoxy) is 1. The summed E-state index contributed by atoms with van der Waals surface area (Å²) in [5.74, 6) is 0.237. The molecular formula is C13H12BF3NO-. The number of halogens is 3. The second-order valence-corrected chi connectivity index (χ2v) is 4.11. The highest BCUT2D eigenvalue weighted by molar-refractivity contribution is 6.73. The van der Waals surface area contributed by atoms with Gasteiger partial charge in [-0.3, -0.25) is 4.98 Å². The fourth-order valence-corrected chi connectivity index (χ4v) is 1.64. The normalized spacial score (nSPS) is 11.3. The maximum absolute atomic E-state index is 12.6. The molecule has 1 aromatic heterocycles. The molecule has 0 amide bonds. The number of pyridine rings is 1. The van der Waals surface area contributed by atoms with Gasteiger partial charge < -0.3 is 17.7 Å². The summed E-state index contributed by atoms with van der Waals surface area (Å²) in [6.45, 7) is -4.66. The van der Waals surface area contributed by atoms with E-state index in [0.717, 1.165) is 17.7 Å². The Kier molecular flexibility index (Phi) is 4.09. The molecule has 0 saturated heterocycles. The van der Waals surface area contributed by atoms with Crippen LogP contribution in [0, 0.1) is 0 Å². The Labute approximate surface area is 109 Å². The maximum Gasteiger partial charge on any atom is 0.509 e. The lowest BCUT2D eigenvalue weighted by molar-refractivity contribution is 0.322. The number of benzene rings is 1. The number of aromatic nitrogens is 1. The van der Waals surface area contributed by atoms with E-state index in [0.29, 0.717) is 13.0 Å².